The fraction of sp³-hybridized carbons (Fsp3) is 0.160. The molecule has 0 spiro atoms. The Morgan fingerprint density at radius 1 is 0.939 bits per heavy atom. The first-order valence-electron chi connectivity index (χ1n) is 10.6. The molecule has 0 atom stereocenters. The predicted molar refractivity (Wildman–Crippen MR) is 127 cm³/mol. The normalized spacial score (nSPS) is 14.0. The zero-order valence-electron chi connectivity index (χ0n) is 17.6. The second-order valence-corrected chi connectivity index (χ2v) is 8.40. The number of anilines is 1. The largest absolute Gasteiger partial charge is 0.353 e. The summed E-state index contributed by atoms with van der Waals surface area (Å²) in [5.74, 6) is 0.307. The molecule has 4 aromatic rings. The molecule has 2 aromatic carbocycles. The third-order valence-electron chi connectivity index (χ3n) is 5.80. The minimum Gasteiger partial charge on any atom is -0.353 e. The number of hydrogen-bond acceptors (Lipinski definition) is 4. The van der Waals surface area contributed by atoms with Crippen LogP contribution in [0.4, 0.5) is 10.2 Å². The molecule has 3 heterocycles. The number of aromatic nitrogens is 2. The van der Waals surface area contributed by atoms with Crippen LogP contribution in [0.2, 0.25) is 5.02 Å². The number of piperazine rings is 1. The lowest BCUT2D eigenvalue weighted by molar-refractivity contribution is 0.0746. The van der Waals surface area contributed by atoms with E-state index >= 15 is 0 Å². The van der Waals surface area contributed by atoms with Crippen LogP contribution in [0.25, 0.3) is 22.0 Å². The van der Waals surface area contributed by atoms with Gasteiger partial charge in [-0.15, -0.1) is 0 Å². The Morgan fingerprint density at radius 2 is 1.73 bits per heavy atom. The standard InChI is InChI=1S/C25H20ClFN4O2/c26-20-11-19(12-21(27)15-20)17-5-6-28-23(14-17)30-7-9-31(10-8-30)25(33)18-2-1-16-3-4-24(32)29-22(16)13-18/h1-6,11-15H,7-10H2,(H,29,32). The molecule has 33 heavy (non-hydrogen) atoms. The molecule has 8 heteroatoms. The first kappa shape index (κ1) is 21.2. The molecule has 2 aromatic heterocycles. The Labute approximate surface area is 194 Å². The zero-order valence-corrected chi connectivity index (χ0v) is 18.3. The van der Waals surface area contributed by atoms with Crippen molar-refractivity contribution >= 4 is 34.2 Å². The second kappa shape index (κ2) is 8.67. The molecule has 166 valence electrons. The third-order valence-corrected chi connectivity index (χ3v) is 6.02. The van der Waals surface area contributed by atoms with E-state index in [9.17, 15) is 14.0 Å². The van der Waals surface area contributed by atoms with Crippen molar-refractivity contribution in [1.29, 1.82) is 0 Å². The number of hydrogen-bond donors (Lipinski definition) is 1. The van der Waals surface area contributed by atoms with Crippen molar-refractivity contribution in [3.8, 4) is 11.1 Å². The van der Waals surface area contributed by atoms with Crippen LogP contribution in [0.3, 0.4) is 0 Å². The number of carbonyl (C=O) groups is 1. The van der Waals surface area contributed by atoms with Crippen molar-refractivity contribution in [2.45, 2.75) is 0 Å². The molecule has 1 saturated heterocycles. The maximum atomic E-state index is 13.8. The highest BCUT2D eigenvalue weighted by atomic mass is 35.5. The van der Waals surface area contributed by atoms with Gasteiger partial charge in [-0.1, -0.05) is 17.7 Å². The van der Waals surface area contributed by atoms with Crippen LogP contribution in [-0.4, -0.2) is 47.0 Å². The molecule has 0 radical (unpaired) electrons. The Balaban J connectivity index is 1.30. The summed E-state index contributed by atoms with van der Waals surface area (Å²) in [5.41, 5.74) is 2.50. The van der Waals surface area contributed by atoms with Gasteiger partial charge < -0.3 is 14.8 Å². The number of pyridine rings is 2. The molecule has 1 aliphatic rings. The van der Waals surface area contributed by atoms with Gasteiger partial charge in [0.05, 0.1) is 0 Å². The monoisotopic (exact) mass is 462 g/mol. The predicted octanol–water partition coefficient (Wildman–Crippen LogP) is 4.35. The topological polar surface area (TPSA) is 69.3 Å². The minimum absolute atomic E-state index is 0.0719. The van der Waals surface area contributed by atoms with E-state index in [1.165, 1.54) is 18.2 Å². The summed E-state index contributed by atoms with van der Waals surface area (Å²) in [6.45, 7) is 2.33. The van der Waals surface area contributed by atoms with Crippen molar-refractivity contribution < 1.29 is 9.18 Å². The van der Waals surface area contributed by atoms with E-state index in [4.69, 9.17) is 11.6 Å². The van der Waals surface area contributed by atoms with Gasteiger partial charge >= 0.3 is 0 Å². The van der Waals surface area contributed by atoms with Crippen molar-refractivity contribution in [3.63, 3.8) is 0 Å². The summed E-state index contributed by atoms with van der Waals surface area (Å²) in [7, 11) is 0. The van der Waals surface area contributed by atoms with E-state index in [0.29, 0.717) is 47.8 Å². The van der Waals surface area contributed by atoms with Crippen LogP contribution < -0.4 is 10.5 Å². The number of benzene rings is 2. The van der Waals surface area contributed by atoms with Gasteiger partial charge in [0, 0.05) is 54.5 Å². The first-order chi connectivity index (χ1) is 16.0. The number of rotatable bonds is 3. The Morgan fingerprint density at radius 3 is 2.52 bits per heavy atom. The molecule has 5 rings (SSSR count). The fourth-order valence-electron chi connectivity index (χ4n) is 4.10. The van der Waals surface area contributed by atoms with Crippen molar-refractivity contribution in [2.24, 2.45) is 0 Å². The maximum absolute atomic E-state index is 13.8. The van der Waals surface area contributed by atoms with E-state index in [1.807, 2.05) is 18.2 Å². The van der Waals surface area contributed by atoms with Gasteiger partial charge in [-0.2, -0.15) is 0 Å². The SMILES string of the molecule is O=C(c1ccc2ccc(=O)[nH]c2c1)N1CCN(c2cc(-c3cc(F)cc(Cl)c3)ccn2)CC1. The summed E-state index contributed by atoms with van der Waals surface area (Å²) in [6, 6.07) is 16.7. The highest BCUT2D eigenvalue weighted by molar-refractivity contribution is 6.30. The molecule has 0 bridgehead atoms. The average molecular weight is 463 g/mol. The zero-order chi connectivity index (χ0) is 22.9. The van der Waals surface area contributed by atoms with Crippen molar-refractivity contribution in [1.82, 2.24) is 14.9 Å². The van der Waals surface area contributed by atoms with Crippen LogP contribution in [0.1, 0.15) is 10.4 Å². The van der Waals surface area contributed by atoms with E-state index < -0.39 is 0 Å². The van der Waals surface area contributed by atoms with Gasteiger partial charge in [0.25, 0.3) is 5.91 Å². The van der Waals surface area contributed by atoms with Gasteiger partial charge in [0.2, 0.25) is 5.56 Å². The smallest absolute Gasteiger partial charge is 0.254 e. The number of aromatic amines is 1. The van der Waals surface area contributed by atoms with Crippen LogP contribution in [-0.2, 0) is 0 Å². The molecule has 0 aliphatic carbocycles. The summed E-state index contributed by atoms with van der Waals surface area (Å²) < 4.78 is 13.8. The summed E-state index contributed by atoms with van der Waals surface area (Å²) in [5, 5.41) is 1.22. The number of carbonyl (C=O) groups excluding carboxylic acids is 1. The van der Waals surface area contributed by atoms with Crippen LogP contribution in [0.5, 0.6) is 0 Å². The lowest BCUT2D eigenvalue weighted by Gasteiger charge is -2.35. The van der Waals surface area contributed by atoms with Crippen LogP contribution >= 0.6 is 11.6 Å². The lowest BCUT2D eigenvalue weighted by Crippen LogP contribution is -2.49. The third kappa shape index (κ3) is 4.45. The summed E-state index contributed by atoms with van der Waals surface area (Å²) >= 11 is 6.00. The summed E-state index contributed by atoms with van der Waals surface area (Å²) in [4.78, 5) is 35.8. The minimum atomic E-state index is -0.388. The van der Waals surface area contributed by atoms with Crippen LogP contribution in [0.15, 0.2) is 71.7 Å². The van der Waals surface area contributed by atoms with Gasteiger partial charge in [-0.25, -0.2) is 9.37 Å². The molecule has 0 saturated carbocycles. The van der Waals surface area contributed by atoms with Gasteiger partial charge in [0.1, 0.15) is 11.6 Å². The quantitative estimate of drug-likeness (QED) is 0.491. The number of halogens is 2. The Hall–Kier alpha value is -3.71. The maximum Gasteiger partial charge on any atom is 0.254 e. The molecule has 1 aliphatic heterocycles. The number of nitrogens with one attached hydrogen (secondary N) is 1. The van der Waals surface area contributed by atoms with E-state index in [0.717, 1.165) is 16.8 Å². The first-order valence-corrected chi connectivity index (χ1v) is 10.9. The average Bonchev–Trinajstić information content (AvgIpc) is 2.83. The number of H-pyrrole nitrogens is 1. The summed E-state index contributed by atoms with van der Waals surface area (Å²) in [6.07, 6.45) is 1.69. The molecule has 0 unspecified atom stereocenters. The molecule has 6 nitrogen and oxygen atoms in total. The Bertz CT molecular complexity index is 1390. The van der Waals surface area contributed by atoms with E-state index in [-0.39, 0.29) is 17.3 Å². The Kier molecular flexibility index (Phi) is 5.56. The highest BCUT2D eigenvalue weighted by Crippen LogP contribution is 2.27. The number of nitrogens with zero attached hydrogens (tertiary/aromatic N) is 3. The van der Waals surface area contributed by atoms with E-state index in [1.54, 1.807) is 35.4 Å². The van der Waals surface area contributed by atoms with Crippen molar-refractivity contribution in [2.75, 3.05) is 31.1 Å². The highest BCUT2D eigenvalue weighted by Gasteiger charge is 2.23. The second-order valence-electron chi connectivity index (χ2n) is 7.96. The van der Waals surface area contributed by atoms with Crippen LogP contribution in [0, 0.1) is 5.82 Å². The van der Waals surface area contributed by atoms with Crippen molar-refractivity contribution in [3.05, 3.63) is 93.6 Å². The van der Waals surface area contributed by atoms with E-state index in [2.05, 4.69) is 14.9 Å². The lowest BCUT2D eigenvalue weighted by atomic mass is 10.1. The molecule has 1 amide bonds. The van der Waals surface area contributed by atoms with Gasteiger partial charge in [-0.05, 0) is 65.0 Å². The number of fused-ring (bicyclic) bond motifs is 1. The molecular formula is C25H20ClFN4O2. The van der Waals surface area contributed by atoms with Gasteiger partial charge in [-0.3, -0.25) is 9.59 Å². The number of amides is 1. The van der Waals surface area contributed by atoms with Gasteiger partial charge in [0.15, 0.2) is 0 Å². The molecular weight excluding hydrogens is 443 g/mol. The molecule has 1 N–H and O–H groups in total. The fourth-order valence-corrected chi connectivity index (χ4v) is 4.32. The molecule has 1 fully saturated rings.